The SMILES string of the molecule is CCN1C(=O)N=C(N)C1c1ccc(C)c(C)c1. The lowest BCUT2D eigenvalue weighted by atomic mass is 10.00. The minimum atomic E-state index is -0.242. The molecule has 1 heterocycles. The lowest BCUT2D eigenvalue weighted by molar-refractivity contribution is 0.210. The highest BCUT2D eigenvalue weighted by Gasteiger charge is 2.33. The van der Waals surface area contributed by atoms with Crippen LogP contribution >= 0.6 is 0 Å². The van der Waals surface area contributed by atoms with E-state index in [9.17, 15) is 4.79 Å². The quantitative estimate of drug-likeness (QED) is 0.847. The molecule has 17 heavy (non-hydrogen) atoms. The molecule has 4 heteroatoms. The number of amidine groups is 1. The number of likely N-dealkylation sites (N-methyl/N-ethyl adjacent to an activating group) is 1. The zero-order valence-electron chi connectivity index (χ0n) is 10.4. The minimum Gasteiger partial charge on any atom is -0.385 e. The molecule has 0 aromatic heterocycles. The van der Waals surface area contributed by atoms with E-state index in [-0.39, 0.29) is 12.1 Å². The Bertz CT molecular complexity index is 493. The average molecular weight is 231 g/mol. The van der Waals surface area contributed by atoms with Gasteiger partial charge in [-0.05, 0) is 37.5 Å². The molecule has 1 aliphatic rings. The molecule has 0 fully saturated rings. The van der Waals surface area contributed by atoms with Crippen LogP contribution in [0.2, 0.25) is 0 Å². The maximum atomic E-state index is 11.6. The smallest absolute Gasteiger partial charge is 0.346 e. The first-order valence-electron chi connectivity index (χ1n) is 5.76. The molecule has 4 nitrogen and oxygen atoms in total. The van der Waals surface area contributed by atoms with Gasteiger partial charge in [0.05, 0.1) is 0 Å². The number of carbonyl (C=O) groups excluding carboxylic acids is 1. The van der Waals surface area contributed by atoms with E-state index < -0.39 is 0 Å². The Morgan fingerprint density at radius 3 is 2.65 bits per heavy atom. The summed E-state index contributed by atoms with van der Waals surface area (Å²) in [5.74, 6) is 0.389. The van der Waals surface area contributed by atoms with Gasteiger partial charge in [0.1, 0.15) is 11.9 Å². The van der Waals surface area contributed by atoms with Crippen LogP contribution in [0.15, 0.2) is 23.2 Å². The molecule has 1 aromatic rings. The Hall–Kier alpha value is -1.84. The Labute approximate surface area is 101 Å². The Kier molecular flexibility index (Phi) is 2.88. The Morgan fingerprint density at radius 2 is 2.06 bits per heavy atom. The molecular formula is C13H17N3O. The van der Waals surface area contributed by atoms with Crippen molar-refractivity contribution in [3.63, 3.8) is 0 Å². The molecule has 0 spiro atoms. The number of nitrogens with two attached hydrogens (primary N) is 1. The number of hydrogen-bond acceptors (Lipinski definition) is 2. The number of hydrogen-bond donors (Lipinski definition) is 1. The fourth-order valence-corrected chi connectivity index (χ4v) is 2.11. The van der Waals surface area contributed by atoms with Crippen LogP contribution in [-0.4, -0.2) is 23.3 Å². The summed E-state index contributed by atoms with van der Waals surface area (Å²) in [6, 6.07) is 5.69. The number of rotatable bonds is 2. The number of aliphatic imine (C=N–C) groups is 1. The molecule has 0 bridgehead atoms. The van der Waals surface area contributed by atoms with Gasteiger partial charge in [0, 0.05) is 6.54 Å². The van der Waals surface area contributed by atoms with Crippen LogP contribution in [0.25, 0.3) is 0 Å². The van der Waals surface area contributed by atoms with Crippen LogP contribution in [0.1, 0.15) is 29.7 Å². The van der Waals surface area contributed by atoms with Crippen LogP contribution < -0.4 is 5.73 Å². The van der Waals surface area contributed by atoms with E-state index in [1.54, 1.807) is 4.90 Å². The van der Waals surface area contributed by atoms with Crippen molar-refractivity contribution < 1.29 is 4.79 Å². The lowest BCUT2D eigenvalue weighted by Gasteiger charge is -2.23. The number of nitrogens with zero attached hydrogens (tertiary/aromatic N) is 2. The number of carbonyl (C=O) groups is 1. The summed E-state index contributed by atoms with van der Waals surface area (Å²) in [6.45, 7) is 6.66. The largest absolute Gasteiger partial charge is 0.385 e. The fourth-order valence-electron chi connectivity index (χ4n) is 2.11. The number of urea groups is 1. The summed E-state index contributed by atoms with van der Waals surface area (Å²) in [7, 11) is 0. The van der Waals surface area contributed by atoms with Gasteiger partial charge in [0.15, 0.2) is 0 Å². The van der Waals surface area contributed by atoms with E-state index >= 15 is 0 Å². The average Bonchev–Trinajstić information content (AvgIpc) is 2.57. The highest BCUT2D eigenvalue weighted by molar-refractivity contribution is 6.03. The van der Waals surface area contributed by atoms with Crippen molar-refractivity contribution in [2.75, 3.05) is 6.54 Å². The van der Waals surface area contributed by atoms with Crippen LogP contribution in [0.4, 0.5) is 4.79 Å². The molecule has 0 aliphatic carbocycles. The predicted molar refractivity (Wildman–Crippen MR) is 68.1 cm³/mol. The molecule has 0 saturated heterocycles. The summed E-state index contributed by atoms with van der Waals surface area (Å²) in [6.07, 6.45) is 0. The molecule has 0 radical (unpaired) electrons. The molecule has 2 N–H and O–H groups in total. The summed E-state index contributed by atoms with van der Waals surface area (Å²) in [5.41, 5.74) is 9.31. The topological polar surface area (TPSA) is 58.7 Å². The molecule has 2 amide bonds. The Morgan fingerprint density at radius 1 is 1.35 bits per heavy atom. The molecule has 90 valence electrons. The van der Waals surface area contributed by atoms with Gasteiger partial charge in [0.25, 0.3) is 0 Å². The second-order valence-electron chi connectivity index (χ2n) is 4.35. The predicted octanol–water partition coefficient (Wildman–Crippen LogP) is 2.16. The van der Waals surface area contributed by atoms with Crippen molar-refractivity contribution in [2.45, 2.75) is 26.8 Å². The van der Waals surface area contributed by atoms with Crippen molar-refractivity contribution in [3.8, 4) is 0 Å². The number of amides is 2. The van der Waals surface area contributed by atoms with E-state index in [0.717, 1.165) is 5.56 Å². The minimum absolute atomic E-state index is 0.202. The first-order valence-corrected chi connectivity index (χ1v) is 5.76. The summed E-state index contributed by atoms with van der Waals surface area (Å²) < 4.78 is 0. The van der Waals surface area contributed by atoms with Crippen molar-refractivity contribution in [3.05, 3.63) is 34.9 Å². The second-order valence-corrected chi connectivity index (χ2v) is 4.35. The van der Waals surface area contributed by atoms with E-state index in [2.05, 4.69) is 31.0 Å². The fraction of sp³-hybridized carbons (Fsp3) is 0.385. The normalized spacial score (nSPS) is 19.7. The molecule has 1 aliphatic heterocycles. The summed E-state index contributed by atoms with van der Waals surface area (Å²) in [4.78, 5) is 17.1. The maximum absolute atomic E-state index is 11.6. The molecular weight excluding hydrogens is 214 g/mol. The van der Waals surface area contributed by atoms with Crippen molar-refractivity contribution in [1.29, 1.82) is 0 Å². The Balaban J connectivity index is 2.42. The monoisotopic (exact) mass is 231 g/mol. The van der Waals surface area contributed by atoms with Crippen LogP contribution in [0.5, 0.6) is 0 Å². The third kappa shape index (κ3) is 1.90. The second kappa shape index (κ2) is 4.20. The van der Waals surface area contributed by atoms with Gasteiger partial charge in [0.2, 0.25) is 0 Å². The molecule has 1 aromatic carbocycles. The number of benzene rings is 1. The first kappa shape index (κ1) is 11.6. The van der Waals surface area contributed by atoms with Gasteiger partial charge in [-0.15, -0.1) is 0 Å². The van der Waals surface area contributed by atoms with Gasteiger partial charge < -0.3 is 10.6 Å². The third-order valence-corrected chi connectivity index (χ3v) is 3.25. The molecule has 1 unspecified atom stereocenters. The van der Waals surface area contributed by atoms with Crippen LogP contribution in [0, 0.1) is 13.8 Å². The van der Waals surface area contributed by atoms with Crippen molar-refractivity contribution in [2.24, 2.45) is 10.7 Å². The van der Waals surface area contributed by atoms with Crippen molar-refractivity contribution in [1.82, 2.24) is 4.90 Å². The zero-order chi connectivity index (χ0) is 12.6. The van der Waals surface area contributed by atoms with Crippen molar-refractivity contribution >= 4 is 11.9 Å². The zero-order valence-corrected chi connectivity index (χ0v) is 10.4. The van der Waals surface area contributed by atoms with E-state index in [0.29, 0.717) is 12.4 Å². The van der Waals surface area contributed by atoms with E-state index in [4.69, 9.17) is 5.73 Å². The standard InChI is InChI=1S/C13H17N3O/c1-4-16-11(12(14)15-13(16)17)10-6-5-8(2)9(3)7-10/h5-7,11H,4H2,1-3H3,(H2,14,15,17). The van der Waals surface area contributed by atoms with E-state index in [1.807, 2.05) is 13.0 Å². The van der Waals surface area contributed by atoms with Gasteiger partial charge in [-0.1, -0.05) is 18.2 Å². The molecule has 1 atom stereocenters. The number of aryl methyl sites for hydroxylation is 2. The van der Waals surface area contributed by atoms with Crippen LogP contribution in [0.3, 0.4) is 0 Å². The van der Waals surface area contributed by atoms with Gasteiger partial charge in [-0.3, -0.25) is 0 Å². The lowest BCUT2D eigenvalue weighted by Crippen LogP contribution is -2.33. The van der Waals surface area contributed by atoms with E-state index in [1.165, 1.54) is 11.1 Å². The summed E-state index contributed by atoms with van der Waals surface area (Å²) >= 11 is 0. The highest BCUT2D eigenvalue weighted by Crippen LogP contribution is 2.27. The van der Waals surface area contributed by atoms with Crippen LogP contribution in [-0.2, 0) is 0 Å². The van der Waals surface area contributed by atoms with Gasteiger partial charge in [-0.2, -0.15) is 4.99 Å². The van der Waals surface area contributed by atoms with Gasteiger partial charge >= 0.3 is 6.03 Å². The maximum Gasteiger partial charge on any atom is 0.346 e. The molecule has 0 saturated carbocycles. The third-order valence-electron chi connectivity index (χ3n) is 3.25. The summed E-state index contributed by atoms with van der Waals surface area (Å²) in [5, 5.41) is 0. The first-order chi connectivity index (χ1) is 8.04. The highest BCUT2D eigenvalue weighted by atomic mass is 16.2. The molecule has 2 rings (SSSR count). The van der Waals surface area contributed by atoms with Gasteiger partial charge in [-0.25, -0.2) is 4.79 Å².